The van der Waals surface area contributed by atoms with Crippen LogP contribution in [0.15, 0.2) is 29.6 Å². The van der Waals surface area contributed by atoms with Crippen LogP contribution in [0.4, 0.5) is 19.6 Å². The van der Waals surface area contributed by atoms with Gasteiger partial charge in [0.1, 0.15) is 6.10 Å². The summed E-state index contributed by atoms with van der Waals surface area (Å²) < 4.78 is 30.6. The van der Waals surface area contributed by atoms with E-state index in [1.165, 1.54) is 11.3 Å². The standard InChI is InChI=1S/C16H19F2N3OS/c1-11-4-2-3-5-13(11)20-16-19-12(10-23-16)8-21-6-7-22-14(9-21)15(17)18/h2-5,10,14-15H,6-9H2,1H3,(H,19,20). The van der Waals surface area contributed by atoms with Crippen LogP contribution < -0.4 is 5.32 Å². The van der Waals surface area contributed by atoms with E-state index in [1.54, 1.807) is 0 Å². The molecule has 0 amide bonds. The molecule has 7 heteroatoms. The maximum Gasteiger partial charge on any atom is 0.265 e. The lowest BCUT2D eigenvalue weighted by Crippen LogP contribution is -2.45. The van der Waals surface area contributed by atoms with Crippen LogP contribution in [0.2, 0.25) is 0 Å². The largest absolute Gasteiger partial charge is 0.370 e. The molecule has 2 heterocycles. The van der Waals surface area contributed by atoms with E-state index in [-0.39, 0.29) is 6.54 Å². The molecule has 1 aliphatic heterocycles. The van der Waals surface area contributed by atoms with Gasteiger partial charge in [0, 0.05) is 30.7 Å². The molecule has 1 aliphatic rings. The molecule has 23 heavy (non-hydrogen) atoms. The molecule has 1 unspecified atom stereocenters. The van der Waals surface area contributed by atoms with Crippen molar-refractivity contribution in [1.29, 1.82) is 0 Å². The van der Waals surface area contributed by atoms with Crippen molar-refractivity contribution in [3.05, 3.63) is 40.9 Å². The van der Waals surface area contributed by atoms with Gasteiger partial charge < -0.3 is 10.1 Å². The van der Waals surface area contributed by atoms with Gasteiger partial charge in [-0.15, -0.1) is 11.3 Å². The third-order valence-electron chi connectivity index (χ3n) is 3.78. The number of thiazole rings is 1. The number of halogens is 2. The monoisotopic (exact) mass is 339 g/mol. The summed E-state index contributed by atoms with van der Waals surface area (Å²) in [6, 6.07) is 8.01. The van der Waals surface area contributed by atoms with Crippen molar-refractivity contribution in [3.63, 3.8) is 0 Å². The average Bonchev–Trinajstić information content (AvgIpc) is 2.97. The van der Waals surface area contributed by atoms with Gasteiger partial charge in [-0.05, 0) is 18.6 Å². The number of rotatable bonds is 5. The number of ether oxygens (including phenoxy) is 1. The van der Waals surface area contributed by atoms with Crippen LogP contribution in [0.5, 0.6) is 0 Å². The van der Waals surface area contributed by atoms with Crippen LogP contribution in [0.1, 0.15) is 11.3 Å². The van der Waals surface area contributed by atoms with Gasteiger partial charge in [-0.2, -0.15) is 0 Å². The normalized spacial score (nSPS) is 19.2. The minimum atomic E-state index is -2.44. The summed E-state index contributed by atoms with van der Waals surface area (Å²) in [6.07, 6.45) is -3.43. The molecular weight excluding hydrogens is 320 g/mol. The first-order valence-electron chi connectivity index (χ1n) is 7.51. The summed E-state index contributed by atoms with van der Waals surface area (Å²) in [4.78, 5) is 6.51. The van der Waals surface area contributed by atoms with E-state index in [4.69, 9.17) is 4.74 Å². The Labute approximate surface area is 138 Å². The quantitative estimate of drug-likeness (QED) is 0.902. The topological polar surface area (TPSA) is 37.4 Å². The van der Waals surface area contributed by atoms with Gasteiger partial charge in [0.25, 0.3) is 6.43 Å². The van der Waals surface area contributed by atoms with Gasteiger partial charge in [-0.3, -0.25) is 4.90 Å². The smallest absolute Gasteiger partial charge is 0.265 e. The number of hydrogen-bond donors (Lipinski definition) is 1. The molecule has 124 valence electrons. The van der Waals surface area contributed by atoms with Crippen molar-refractivity contribution in [2.75, 3.05) is 25.0 Å². The second kappa shape index (κ2) is 7.33. The maximum atomic E-state index is 12.7. The first kappa shape index (κ1) is 16.3. The number of nitrogens with one attached hydrogen (secondary N) is 1. The lowest BCUT2D eigenvalue weighted by atomic mass is 10.2. The first-order chi connectivity index (χ1) is 11.1. The molecule has 0 radical (unpaired) electrons. The van der Waals surface area contributed by atoms with E-state index >= 15 is 0 Å². The number of para-hydroxylation sites is 1. The highest BCUT2D eigenvalue weighted by Gasteiger charge is 2.28. The molecule has 1 N–H and O–H groups in total. The van der Waals surface area contributed by atoms with Gasteiger partial charge in [0.05, 0.1) is 12.3 Å². The molecule has 1 atom stereocenters. The zero-order valence-corrected chi connectivity index (χ0v) is 13.7. The van der Waals surface area contributed by atoms with Crippen molar-refractivity contribution < 1.29 is 13.5 Å². The highest BCUT2D eigenvalue weighted by molar-refractivity contribution is 7.13. The lowest BCUT2D eigenvalue weighted by Gasteiger charge is -2.31. The van der Waals surface area contributed by atoms with E-state index in [2.05, 4.69) is 10.3 Å². The number of alkyl halides is 2. The van der Waals surface area contributed by atoms with Crippen molar-refractivity contribution in [3.8, 4) is 0 Å². The van der Waals surface area contributed by atoms with Crippen LogP contribution in [-0.4, -0.2) is 42.1 Å². The van der Waals surface area contributed by atoms with Crippen LogP contribution in [0, 0.1) is 6.92 Å². The number of aromatic nitrogens is 1. The molecule has 0 aliphatic carbocycles. The second-order valence-corrected chi connectivity index (χ2v) is 6.42. The van der Waals surface area contributed by atoms with E-state index in [0.29, 0.717) is 19.7 Å². The molecule has 1 saturated heterocycles. The molecule has 3 rings (SSSR count). The molecule has 1 aromatic carbocycles. The third-order valence-corrected chi connectivity index (χ3v) is 4.59. The second-order valence-electron chi connectivity index (χ2n) is 5.56. The van der Waals surface area contributed by atoms with Gasteiger partial charge in [-0.25, -0.2) is 13.8 Å². The molecule has 0 spiro atoms. The molecule has 2 aromatic rings. The summed E-state index contributed by atoms with van der Waals surface area (Å²) in [6.45, 7) is 3.85. The lowest BCUT2D eigenvalue weighted by molar-refractivity contribution is -0.104. The number of anilines is 2. The third kappa shape index (κ3) is 4.25. The van der Waals surface area contributed by atoms with Crippen molar-refractivity contribution in [1.82, 2.24) is 9.88 Å². The predicted molar refractivity (Wildman–Crippen MR) is 87.6 cm³/mol. The molecule has 1 fully saturated rings. The predicted octanol–water partition coefficient (Wildman–Crippen LogP) is 3.66. The maximum absolute atomic E-state index is 12.7. The van der Waals surface area contributed by atoms with E-state index in [1.807, 2.05) is 41.5 Å². The Bertz CT molecular complexity index is 650. The Morgan fingerprint density at radius 2 is 2.26 bits per heavy atom. The van der Waals surface area contributed by atoms with Crippen molar-refractivity contribution in [2.24, 2.45) is 0 Å². The summed E-state index contributed by atoms with van der Waals surface area (Å²) in [5.74, 6) is 0. The number of hydrogen-bond acceptors (Lipinski definition) is 5. The van der Waals surface area contributed by atoms with E-state index in [9.17, 15) is 8.78 Å². The Balaban J connectivity index is 1.60. The first-order valence-corrected chi connectivity index (χ1v) is 8.39. The summed E-state index contributed by atoms with van der Waals surface area (Å²) in [7, 11) is 0. The minimum Gasteiger partial charge on any atom is -0.370 e. The molecule has 0 bridgehead atoms. The summed E-state index contributed by atoms with van der Waals surface area (Å²) in [5, 5.41) is 6.08. The molecule has 0 saturated carbocycles. The molecule has 4 nitrogen and oxygen atoms in total. The highest BCUT2D eigenvalue weighted by Crippen LogP contribution is 2.24. The zero-order chi connectivity index (χ0) is 16.2. The van der Waals surface area contributed by atoms with Gasteiger partial charge >= 0.3 is 0 Å². The fourth-order valence-electron chi connectivity index (χ4n) is 2.52. The van der Waals surface area contributed by atoms with Gasteiger partial charge in [0.2, 0.25) is 0 Å². The van der Waals surface area contributed by atoms with E-state index < -0.39 is 12.5 Å². The van der Waals surface area contributed by atoms with Gasteiger partial charge in [0.15, 0.2) is 5.13 Å². The summed E-state index contributed by atoms with van der Waals surface area (Å²) >= 11 is 1.52. The Morgan fingerprint density at radius 3 is 3.04 bits per heavy atom. The van der Waals surface area contributed by atoms with Crippen LogP contribution in [-0.2, 0) is 11.3 Å². The Morgan fingerprint density at radius 1 is 1.43 bits per heavy atom. The number of morpholine rings is 1. The fraction of sp³-hybridized carbons (Fsp3) is 0.438. The van der Waals surface area contributed by atoms with Crippen LogP contribution >= 0.6 is 11.3 Å². The summed E-state index contributed by atoms with van der Waals surface area (Å²) in [5.41, 5.74) is 3.07. The van der Waals surface area contributed by atoms with Crippen LogP contribution in [0.3, 0.4) is 0 Å². The fourth-order valence-corrected chi connectivity index (χ4v) is 3.24. The SMILES string of the molecule is Cc1ccccc1Nc1nc(CN2CCOC(C(F)F)C2)cs1. The Kier molecular flexibility index (Phi) is 5.20. The number of benzene rings is 1. The van der Waals surface area contributed by atoms with Crippen molar-refractivity contribution in [2.45, 2.75) is 26.0 Å². The highest BCUT2D eigenvalue weighted by atomic mass is 32.1. The van der Waals surface area contributed by atoms with Crippen LogP contribution in [0.25, 0.3) is 0 Å². The number of aryl methyl sites for hydroxylation is 1. The van der Waals surface area contributed by atoms with Gasteiger partial charge in [-0.1, -0.05) is 18.2 Å². The minimum absolute atomic E-state index is 0.246. The molecular formula is C16H19F2N3OS. The van der Waals surface area contributed by atoms with Crippen molar-refractivity contribution >= 4 is 22.2 Å². The molecule has 1 aromatic heterocycles. The van der Waals surface area contributed by atoms with E-state index in [0.717, 1.165) is 22.1 Å². The Hall–Kier alpha value is -1.57. The average molecular weight is 339 g/mol. The zero-order valence-electron chi connectivity index (χ0n) is 12.8. The number of nitrogens with zero attached hydrogens (tertiary/aromatic N) is 2.